The Balaban J connectivity index is 1.06. The molecule has 2 atom stereocenters. The molecule has 5 heteroatoms. The average molecular weight is 783 g/mol. The zero-order valence-corrected chi connectivity index (χ0v) is 33.2. The molecular weight excluding hydrogens is 745 g/mol. The van der Waals surface area contributed by atoms with Gasteiger partial charge in [0.1, 0.15) is 23.2 Å². The molecule has 5 nitrogen and oxygen atoms in total. The number of fused-ring (bicyclic) bond motifs is 11. The molecule has 61 heavy (non-hydrogen) atoms. The number of aromatic nitrogens is 1. The summed E-state index contributed by atoms with van der Waals surface area (Å²) in [5.41, 5.74) is 12.4. The molecule has 3 heterocycles. The molecule has 0 fully saturated rings. The summed E-state index contributed by atoms with van der Waals surface area (Å²) in [5, 5.41) is 13.3. The Morgan fingerprint density at radius 2 is 1.15 bits per heavy atom. The molecule has 1 aliphatic carbocycles. The smallest absolute Gasteiger partial charge is 0.234 e. The van der Waals surface area contributed by atoms with Crippen LogP contribution in [0.3, 0.4) is 0 Å². The van der Waals surface area contributed by atoms with Crippen molar-refractivity contribution in [2.24, 2.45) is 9.98 Å². The molecule has 0 saturated heterocycles. The maximum Gasteiger partial charge on any atom is 0.234 e. The molecule has 11 aromatic rings. The van der Waals surface area contributed by atoms with Crippen LogP contribution < -0.4 is 5.32 Å². The van der Waals surface area contributed by atoms with Gasteiger partial charge in [0.25, 0.3) is 0 Å². The minimum absolute atomic E-state index is 0.132. The van der Waals surface area contributed by atoms with Gasteiger partial charge in [0.2, 0.25) is 5.96 Å². The van der Waals surface area contributed by atoms with Crippen LogP contribution in [0, 0.1) is 0 Å². The quantitative estimate of drug-likeness (QED) is 0.194. The lowest BCUT2D eigenvalue weighted by Gasteiger charge is -2.26. The molecule has 0 radical (unpaired) electrons. The summed E-state index contributed by atoms with van der Waals surface area (Å²) in [5.74, 6) is 1.49. The fourth-order valence-corrected chi connectivity index (χ4v) is 10.3. The third-order valence-corrected chi connectivity index (χ3v) is 13.1. The number of aryl methyl sites for hydroxylation is 1. The first-order valence-corrected chi connectivity index (χ1v) is 21.2. The van der Waals surface area contributed by atoms with Gasteiger partial charge in [-0.2, -0.15) is 4.99 Å². The van der Waals surface area contributed by atoms with E-state index in [0.29, 0.717) is 5.96 Å². The molecule has 9 aromatic carbocycles. The van der Waals surface area contributed by atoms with Crippen LogP contribution in [0.15, 0.2) is 202 Å². The van der Waals surface area contributed by atoms with Crippen molar-refractivity contribution in [2.45, 2.75) is 24.9 Å². The van der Waals surface area contributed by atoms with Crippen molar-refractivity contribution in [3.8, 4) is 11.1 Å². The first kappa shape index (κ1) is 34.1. The van der Waals surface area contributed by atoms with Crippen LogP contribution in [0.2, 0.25) is 0 Å². The molecule has 0 spiro atoms. The van der Waals surface area contributed by atoms with Crippen molar-refractivity contribution in [1.29, 1.82) is 0 Å². The van der Waals surface area contributed by atoms with Gasteiger partial charge in [0.05, 0.1) is 16.6 Å². The minimum Gasteiger partial charge on any atom is -0.455 e. The number of hydrogen-bond donors (Lipinski definition) is 1. The Hall–Kier alpha value is -7.76. The third kappa shape index (κ3) is 5.33. The van der Waals surface area contributed by atoms with E-state index >= 15 is 0 Å². The first-order chi connectivity index (χ1) is 30.2. The highest BCUT2D eigenvalue weighted by molar-refractivity contribution is 6.20. The SMILES string of the molecule is c1ccc2c(c1)-c1cc3ccccc3cc1CCC2c1cc(C2=NC(n3c4ccccc4c4ccccc43)=NC(c3cccc4ccccc34)N2)c2oc3ccccc3c2c1. The monoisotopic (exact) mass is 782 g/mol. The second-order valence-electron chi connectivity index (χ2n) is 16.5. The van der Waals surface area contributed by atoms with E-state index in [1.165, 1.54) is 54.7 Å². The molecule has 1 aliphatic heterocycles. The van der Waals surface area contributed by atoms with Crippen LogP contribution in [0.25, 0.3) is 76.4 Å². The van der Waals surface area contributed by atoms with E-state index in [0.717, 1.165) is 68.2 Å². The summed E-state index contributed by atoms with van der Waals surface area (Å²) in [6, 6.07) is 67.8. The van der Waals surface area contributed by atoms with Crippen LogP contribution in [0.5, 0.6) is 0 Å². The number of benzene rings is 9. The Labute approximate surface area is 351 Å². The number of amidine groups is 1. The van der Waals surface area contributed by atoms with Crippen molar-refractivity contribution in [1.82, 2.24) is 9.88 Å². The standard InChI is InChI=1S/C56H38N4O/c1-2-16-36-31-47-37(30-35(36)15-1)28-29-40(41-19-5-6-20-42(41)47)38-32-48-45-23-9-12-27-52(45)61-53(48)49(33-38)55-57-54(46-24-13-17-34-14-3-4-18-39(34)46)58-56(59-55)60-50-25-10-7-21-43(50)44-22-8-11-26-51(44)60/h1-27,30-33,40,54H,28-29H2,(H,57,58,59). The van der Waals surface area contributed by atoms with Gasteiger partial charge in [-0.15, -0.1) is 0 Å². The topological polar surface area (TPSA) is 54.8 Å². The third-order valence-electron chi connectivity index (χ3n) is 13.1. The maximum atomic E-state index is 6.88. The highest BCUT2D eigenvalue weighted by Gasteiger charge is 2.30. The van der Waals surface area contributed by atoms with Crippen molar-refractivity contribution in [3.05, 3.63) is 216 Å². The van der Waals surface area contributed by atoms with Gasteiger partial charge in [-0.25, -0.2) is 4.99 Å². The number of hydrogen-bond acceptors (Lipinski definition) is 4. The lowest BCUT2D eigenvalue weighted by atomic mass is 9.84. The molecule has 13 rings (SSSR count). The molecule has 2 aromatic heterocycles. The van der Waals surface area contributed by atoms with Gasteiger partial charge in [-0.3, -0.25) is 4.57 Å². The van der Waals surface area contributed by atoms with Crippen molar-refractivity contribution >= 4 is 77.1 Å². The van der Waals surface area contributed by atoms with E-state index in [2.05, 4.69) is 192 Å². The Morgan fingerprint density at radius 1 is 0.508 bits per heavy atom. The van der Waals surface area contributed by atoms with Gasteiger partial charge in [-0.05, 0) is 98.6 Å². The highest BCUT2D eigenvalue weighted by atomic mass is 16.3. The summed E-state index contributed by atoms with van der Waals surface area (Å²) in [6.07, 6.45) is 1.50. The second-order valence-corrected chi connectivity index (χ2v) is 16.5. The van der Waals surface area contributed by atoms with E-state index < -0.39 is 6.17 Å². The fraction of sp³-hybridized carbons (Fsp3) is 0.0714. The fourth-order valence-electron chi connectivity index (χ4n) is 10.3. The summed E-state index contributed by atoms with van der Waals surface area (Å²) < 4.78 is 9.11. The predicted molar refractivity (Wildman–Crippen MR) is 252 cm³/mol. The van der Waals surface area contributed by atoms with E-state index in [-0.39, 0.29) is 5.92 Å². The number of nitrogens with one attached hydrogen (secondary N) is 1. The lowest BCUT2D eigenvalue weighted by Crippen LogP contribution is -2.35. The summed E-state index contributed by atoms with van der Waals surface area (Å²) >= 11 is 0. The van der Waals surface area contributed by atoms with E-state index in [1.807, 2.05) is 6.07 Å². The molecule has 0 saturated carbocycles. The molecule has 2 aliphatic rings. The van der Waals surface area contributed by atoms with Crippen LogP contribution in [0.1, 0.15) is 46.3 Å². The number of furan rings is 1. The summed E-state index contributed by atoms with van der Waals surface area (Å²) in [4.78, 5) is 11.0. The van der Waals surface area contributed by atoms with E-state index in [4.69, 9.17) is 14.4 Å². The van der Waals surface area contributed by atoms with E-state index in [9.17, 15) is 0 Å². The number of rotatable bonds is 3. The van der Waals surface area contributed by atoms with E-state index in [1.54, 1.807) is 0 Å². The first-order valence-electron chi connectivity index (χ1n) is 21.2. The zero-order valence-electron chi connectivity index (χ0n) is 33.2. The molecule has 1 N–H and O–H groups in total. The average Bonchev–Trinajstić information content (AvgIpc) is 3.81. The normalized spacial score (nSPS) is 16.4. The Bertz CT molecular complexity index is 3600. The molecular formula is C56H38N4O. The van der Waals surface area contributed by atoms with Crippen LogP contribution in [-0.2, 0) is 6.42 Å². The van der Waals surface area contributed by atoms with Gasteiger partial charge >= 0.3 is 0 Å². The number of aliphatic imine (C=N–C) groups is 2. The molecule has 0 bridgehead atoms. The molecule has 0 amide bonds. The highest BCUT2D eigenvalue weighted by Crippen LogP contribution is 2.45. The molecule has 2 unspecified atom stereocenters. The molecule has 288 valence electrons. The number of nitrogens with zero attached hydrogens (tertiary/aromatic N) is 3. The second kappa shape index (κ2) is 13.4. The van der Waals surface area contributed by atoms with Crippen molar-refractivity contribution in [3.63, 3.8) is 0 Å². The van der Waals surface area contributed by atoms with Crippen molar-refractivity contribution in [2.75, 3.05) is 0 Å². The van der Waals surface area contributed by atoms with Crippen LogP contribution in [-0.4, -0.2) is 16.4 Å². The summed E-state index contributed by atoms with van der Waals surface area (Å²) in [6.45, 7) is 0. The largest absolute Gasteiger partial charge is 0.455 e. The Kier molecular flexibility index (Phi) is 7.49. The van der Waals surface area contributed by atoms with Gasteiger partial charge in [0, 0.05) is 33.0 Å². The summed E-state index contributed by atoms with van der Waals surface area (Å²) in [7, 11) is 0. The van der Waals surface area contributed by atoms with Crippen molar-refractivity contribution < 1.29 is 4.42 Å². The van der Waals surface area contributed by atoms with Gasteiger partial charge < -0.3 is 9.73 Å². The lowest BCUT2D eigenvalue weighted by molar-refractivity contribution is 0.658. The predicted octanol–water partition coefficient (Wildman–Crippen LogP) is 13.7. The van der Waals surface area contributed by atoms with Gasteiger partial charge in [-0.1, -0.05) is 152 Å². The van der Waals surface area contributed by atoms with Gasteiger partial charge in [0.15, 0.2) is 0 Å². The maximum absolute atomic E-state index is 6.88. The minimum atomic E-state index is -0.432. The van der Waals surface area contributed by atoms with Crippen LogP contribution in [0.4, 0.5) is 0 Å². The zero-order chi connectivity index (χ0) is 40.0. The number of para-hydroxylation sites is 3. The Morgan fingerprint density at radius 3 is 1.97 bits per heavy atom. The van der Waals surface area contributed by atoms with Crippen LogP contribution >= 0.6 is 0 Å².